The molecular formula is C14H15ClN2O4. The zero-order valence-corrected chi connectivity index (χ0v) is 12.4. The van der Waals surface area contributed by atoms with E-state index in [1.54, 1.807) is 30.5 Å². The molecule has 2 rings (SSSR count). The van der Waals surface area contributed by atoms with Crippen LogP contribution >= 0.6 is 11.6 Å². The Morgan fingerprint density at radius 2 is 2.05 bits per heavy atom. The maximum absolute atomic E-state index is 11.8. The molecule has 0 aliphatic carbocycles. The highest BCUT2D eigenvalue weighted by Crippen LogP contribution is 2.35. The van der Waals surface area contributed by atoms with Gasteiger partial charge in [-0.1, -0.05) is 11.6 Å². The lowest BCUT2D eigenvalue weighted by molar-refractivity contribution is 0.250. The van der Waals surface area contributed by atoms with Gasteiger partial charge in [-0.15, -0.1) is 0 Å². The number of hydrogen-bond donors (Lipinski definition) is 2. The van der Waals surface area contributed by atoms with Gasteiger partial charge in [0.2, 0.25) is 0 Å². The first-order valence-corrected chi connectivity index (χ1v) is 6.50. The highest BCUT2D eigenvalue weighted by Gasteiger charge is 2.12. The molecule has 0 aliphatic heterocycles. The summed E-state index contributed by atoms with van der Waals surface area (Å²) in [5, 5.41) is 5.69. The Kier molecular flexibility index (Phi) is 4.94. The highest BCUT2D eigenvalue weighted by atomic mass is 35.5. The number of methoxy groups -OCH3 is 2. The van der Waals surface area contributed by atoms with Crippen LogP contribution in [0.15, 0.2) is 34.9 Å². The topological polar surface area (TPSA) is 72.7 Å². The van der Waals surface area contributed by atoms with Crippen molar-refractivity contribution in [2.24, 2.45) is 0 Å². The Labute approximate surface area is 127 Å². The fraction of sp³-hybridized carbons (Fsp3) is 0.214. The zero-order chi connectivity index (χ0) is 15.2. The van der Waals surface area contributed by atoms with Crippen LogP contribution in [0.4, 0.5) is 10.5 Å². The van der Waals surface area contributed by atoms with Crippen LogP contribution in [0.3, 0.4) is 0 Å². The second-order valence-corrected chi connectivity index (χ2v) is 4.48. The average Bonchev–Trinajstić information content (AvgIpc) is 2.99. The monoisotopic (exact) mass is 310 g/mol. The number of rotatable bonds is 5. The summed E-state index contributed by atoms with van der Waals surface area (Å²) >= 11 is 6.03. The molecule has 112 valence electrons. The largest absolute Gasteiger partial charge is 0.495 e. The number of carbonyl (C=O) groups is 1. The van der Waals surface area contributed by atoms with Crippen LogP contribution in [0.1, 0.15) is 5.76 Å². The second kappa shape index (κ2) is 6.90. The number of urea groups is 1. The van der Waals surface area contributed by atoms with Gasteiger partial charge in [0.25, 0.3) is 0 Å². The summed E-state index contributed by atoms with van der Waals surface area (Å²) in [5.41, 5.74) is 0.445. The third-order valence-corrected chi connectivity index (χ3v) is 3.02. The van der Waals surface area contributed by atoms with Crippen molar-refractivity contribution in [3.63, 3.8) is 0 Å². The van der Waals surface area contributed by atoms with Crippen molar-refractivity contribution in [1.82, 2.24) is 5.32 Å². The number of anilines is 1. The van der Waals surface area contributed by atoms with Crippen molar-refractivity contribution in [2.75, 3.05) is 19.5 Å². The molecule has 1 heterocycles. The molecule has 0 saturated carbocycles. The van der Waals surface area contributed by atoms with Gasteiger partial charge in [0, 0.05) is 6.07 Å². The Hall–Kier alpha value is -2.34. The van der Waals surface area contributed by atoms with Crippen LogP contribution in [0.5, 0.6) is 11.5 Å². The van der Waals surface area contributed by atoms with Gasteiger partial charge in [-0.05, 0) is 18.2 Å². The molecule has 2 aromatic rings. The van der Waals surface area contributed by atoms with E-state index >= 15 is 0 Å². The summed E-state index contributed by atoms with van der Waals surface area (Å²) in [6.45, 7) is 0.283. The molecule has 0 radical (unpaired) electrons. The van der Waals surface area contributed by atoms with E-state index in [-0.39, 0.29) is 6.54 Å². The maximum atomic E-state index is 11.8. The van der Waals surface area contributed by atoms with Crippen LogP contribution in [-0.4, -0.2) is 20.3 Å². The number of halogens is 1. The number of hydrogen-bond acceptors (Lipinski definition) is 4. The Morgan fingerprint density at radius 1 is 1.29 bits per heavy atom. The lowest BCUT2D eigenvalue weighted by atomic mass is 10.2. The molecule has 0 bridgehead atoms. The first kappa shape index (κ1) is 15.1. The fourth-order valence-corrected chi connectivity index (χ4v) is 1.95. The number of benzene rings is 1. The second-order valence-electron chi connectivity index (χ2n) is 4.07. The van der Waals surface area contributed by atoms with Gasteiger partial charge in [0.05, 0.1) is 37.7 Å². The van der Waals surface area contributed by atoms with Crippen molar-refractivity contribution in [1.29, 1.82) is 0 Å². The normalized spacial score (nSPS) is 10.0. The molecule has 0 spiro atoms. The van der Waals surface area contributed by atoms with Crippen LogP contribution in [-0.2, 0) is 6.54 Å². The predicted octanol–water partition coefficient (Wildman–Crippen LogP) is 3.27. The molecule has 6 nitrogen and oxygen atoms in total. The SMILES string of the molecule is COc1cc(OC)c(NC(=O)NCc2ccco2)cc1Cl. The van der Waals surface area contributed by atoms with Crippen molar-refractivity contribution in [2.45, 2.75) is 6.54 Å². The van der Waals surface area contributed by atoms with Gasteiger partial charge in [-0.25, -0.2) is 4.79 Å². The molecule has 21 heavy (non-hydrogen) atoms. The summed E-state index contributed by atoms with van der Waals surface area (Å²) in [7, 11) is 3.00. The van der Waals surface area contributed by atoms with Crippen molar-refractivity contribution < 1.29 is 18.7 Å². The number of carbonyl (C=O) groups excluding carboxylic acids is 1. The Balaban J connectivity index is 2.04. The number of nitrogens with one attached hydrogen (secondary N) is 2. The lowest BCUT2D eigenvalue weighted by Crippen LogP contribution is -2.28. The third-order valence-electron chi connectivity index (χ3n) is 2.73. The smallest absolute Gasteiger partial charge is 0.319 e. The van der Waals surface area contributed by atoms with E-state index < -0.39 is 6.03 Å². The molecule has 0 fully saturated rings. The van der Waals surface area contributed by atoms with E-state index in [1.807, 2.05) is 0 Å². The van der Waals surface area contributed by atoms with E-state index in [4.69, 9.17) is 25.5 Å². The van der Waals surface area contributed by atoms with Crippen LogP contribution in [0.25, 0.3) is 0 Å². The molecule has 0 unspecified atom stereocenters. The van der Waals surface area contributed by atoms with Crippen molar-refractivity contribution >= 4 is 23.3 Å². The molecule has 0 saturated heterocycles. The number of ether oxygens (including phenoxy) is 2. The van der Waals surface area contributed by atoms with Gasteiger partial charge >= 0.3 is 6.03 Å². The standard InChI is InChI=1S/C14H15ClN2O4/c1-19-12-7-13(20-2)11(6-10(12)15)17-14(18)16-8-9-4-3-5-21-9/h3-7H,8H2,1-2H3,(H2,16,17,18). The number of amides is 2. The van der Waals surface area contributed by atoms with Crippen LogP contribution < -0.4 is 20.1 Å². The summed E-state index contributed by atoms with van der Waals surface area (Å²) in [5.74, 6) is 1.57. The minimum absolute atomic E-state index is 0.283. The van der Waals surface area contributed by atoms with Crippen LogP contribution in [0.2, 0.25) is 5.02 Å². The van der Waals surface area contributed by atoms with E-state index in [2.05, 4.69) is 10.6 Å². The molecule has 0 aliphatic rings. The van der Waals surface area contributed by atoms with Gasteiger partial charge in [0.1, 0.15) is 17.3 Å². The summed E-state index contributed by atoms with van der Waals surface area (Å²) in [4.78, 5) is 11.8. The van der Waals surface area contributed by atoms with Gasteiger partial charge in [0.15, 0.2) is 0 Å². The average molecular weight is 311 g/mol. The molecule has 1 aromatic carbocycles. The third kappa shape index (κ3) is 3.82. The first-order chi connectivity index (χ1) is 10.1. The van der Waals surface area contributed by atoms with Crippen molar-refractivity contribution in [3.05, 3.63) is 41.3 Å². The van der Waals surface area contributed by atoms with Gasteiger partial charge in [-0.3, -0.25) is 0 Å². The van der Waals surface area contributed by atoms with Gasteiger partial charge in [-0.2, -0.15) is 0 Å². The summed E-state index contributed by atoms with van der Waals surface area (Å²) < 4.78 is 15.4. The molecule has 1 aromatic heterocycles. The lowest BCUT2D eigenvalue weighted by Gasteiger charge is -2.13. The molecular weight excluding hydrogens is 296 g/mol. The Bertz CT molecular complexity index is 614. The van der Waals surface area contributed by atoms with Crippen molar-refractivity contribution in [3.8, 4) is 11.5 Å². The van der Waals surface area contributed by atoms with Crippen LogP contribution in [0, 0.1) is 0 Å². The quantitative estimate of drug-likeness (QED) is 0.889. The summed E-state index contributed by atoms with van der Waals surface area (Å²) in [6, 6.07) is 6.29. The predicted molar refractivity (Wildman–Crippen MR) is 79.1 cm³/mol. The molecule has 2 N–H and O–H groups in total. The maximum Gasteiger partial charge on any atom is 0.319 e. The molecule has 7 heteroatoms. The molecule has 0 atom stereocenters. The van der Waals surface area contributed by atoms with E-state index in [0.29, 0.717) is 28.0 Å². The summed E-state index contributed by atoms with van der Waals surface area (Å²) in [6.07, 6.45) is 1.54. The minimum Gasteiger partial charge on any atom is -0.495 e. The molecule has 2 amide bonds. The highest BCUT2D eigenvalue weighted by molar-refractivity contribution is 6.32. The van der Waals surface area contributed by atoms with E-state index in [1.165, 1.54) is 14.2 Å². The van der Waals surface area contributed by atoms with E-state index in [9.17, 15) is 4.79 Å². The Morgan fingerprint density at radius 3 is 2.67 bits per heavy atom. The van der Waals surface area contributed by atoms with E-state index in [0.717, 1.165) is 0 Å². The van der Waals surface area contributed by atoms with Gasteiger partial charge < -0.3 is 24.5 Å². The minimum atomic E-state index is -0.397. The first-order valence-electron chi connectivity index (χ1n) is 6.12. The number of furan rings is 1. The fourth-order valence-electron chi connectivity index (χ4n) is 1.70. The zero-order valence-electron chi connectivity index (χ0n) is 11.6.